The predicted molar refractivity (Wildman–Crippen MR) is 87.2 cm³/mol. The Hall–Kier alpha value is -2.32. The van der Waals surface area contributed by atoms with Gasteiger partial charge in [-0.05, 0) is 18.4 Å². The number of nitrogens with two attached hydrogens (primary N) is 1. The number of ether oxygens (including phenoxy) is 1. The topological polar surface area (TPSA) is 107 Å². The third-order valence-corrected chi connectivity index (χ3v) is 3.51. The molecule has 5 N–H and O–H groups in total. The minimum atomic E-state index is -0.276. The molecule has 1 aromatic heterocycles. The van der Waals surface area contributed by atoms with Crippen molar-refractivity contribution in [1.82, 2.24) is 9.97 Å². The van der Waals surface area contributed by atoms with Crippen molar-refractivity contribution < 1.29 is 9.73 Å². The zero-order valence-electron chi connectivity index (χ0n) is 12.3. The van der Waals surface area contributed by atoms with Crippen molar-refractivity contribution in [3.8, 4) is 0 Å². The number of H-pyrrole nitrogens is 1. The molecule has 22 heavy (non-hydrogen) atoms. The summed E-state index contributed by atoms with van der Waals surface area (Å²) in [6.45, 7) is 0.251. The smallest absolute Gasteiger partial charge is 0.325 e. The van der Waals surface area contributed by atoms with Crippen LogP contribution in [0.4, 0.5) is 11.6 Å². The lowest BCUT2D eigenvalue weighted by atomic mass is 10.3. The van der Waals surface area contributed by atoms with E-state index in [-0.39, 0.29) is 24.1 Å². The van der Waals surface area contributed by atoms with E-state index in [1.54, 1.807) is 11.8 Å². The summed E-state index contributed by atoms with van der Waals surface area (Å²) in [6.07, 6.45) is 1.98. The SMILES string of the molecule is COCc1cc(=O)[nH]c([NH+]=C(N)Nc2ccccc2SC)n1. The van der Waals surface area contributed by atoms with E-state index < -0.39 is 0 Å². The number of benzene rings is 1. The van der Waals surface area contributed by atoms with Gasteiger partial charge in [-0.1, -0.05) is 12.1 Å². The number of rotatable bonds is 5. The summed E-state index contributed by atoms with van der Waals surface area (Å²) in [4.78, 5) is 22.2. The highest BCUT2D eigenvalue weighted by molar-refractivity contribution is 7.98. The number of aromatic nitrogens is 2. The Bertz CT molecular complexity index is 729. The van der Waals surface area contributed by atoms with E-state index in [2.05, 4.69) is 20.3 Å². The van der Waals surface area contributed by atoms with Gasteiger partial charge < -0.3 is 10.5 Å². The van der Waals surface area contributed by atoms with Crippen LogP contribution in [0, 0.1) is 0 Å². The van der Waals surface area contributed by atoms with Crippen molar-refractivity contribution >= 4 is 29.4 Å². The second kappa shape index (κ2) is 7.62. The van der Waals surface area contributed by atoms with Crippen LogP contribution >= 0.6 is 11.8 Å². The molecule has 0 radical (unpaired) electrons. The van der Waals surface area contributed by atoms with Crippen LogP contribution in [0.15, 0.2) is 40.0 Å². The normalized spacial score (nSPS) is 11.5. The Morgan fingerprint density at radius 3 is 3.00 bits per heavy atom. The number of nitrogens with one attached hydrogen (secondary N) is 3. The molecule has 8 heteroatoms. The second-order valence-electron chi connectivity index (χ2n) is 4.38. The Kier molecular flexibility index (Phi) is 5.56. The van der Waals surface area contributed by atoms with E-state index in [1.165, 1.54) is 13.2 Å². The Balaban J connectivity index is 2.23. The van der Waals surface area contributed by atoms with Gasteiger partial charge in [0.05, 0.1) is 12.3 Å². The number of anilines is 1. The average Bonchev–Trinajstić information content (AvgIpc) is 2.47. The fourth-order valence-electron chi connectivity index (χ4n) is 1.84. The first kappa shape index (κ1) is 16.1. The first-order chi connectivity index (χ1) is 10.6. The van der Waals surface area contributed by atoms with Gasteiger partial charge in [0.1, 0.15) is 5.69 Å². The van der Waals surface area contributed by atoms with E-state index in [0.29, 0.717) is 5.69 Å². The van der Waals surface area contributed by atoms with Crippen molar-refractivity contribution in [1.29, 1.82) is 0 Å². The van der Waals surface area contributed by atoms with Gasteiger partial charge in [-0.2, -0.15) is 0 Å². The molecule has 0 spiro atoms. The molecule has 2 aromatic rings. The van der Waals surface area contributed by atoms with E-state index in [4.69, 9.17) is 10.5 Å². The minimum absolute atomic E-state index is 0.251. The van der Waals surface area contributed by atoms with Crippen molar-refractivity contribution in [3.05, 3.63) is 46.4 Å². The van der Waals surface area contributed by atoms with E-state index in [0.717, 1.165) is 10.6 Å². The molecule has 0 atom stereocenters. The molecular formula is C14H18N5O2S+. The fourth-order valence-corrected chi connectivity index (χ4v) is 2.39. The third kappa shape index (κ3) is 4.34. The molecule has 0 aliphatic rings. The summed E-state index contributed by atoms with van der Waals surface area (Å²) in [6, 6.07) is 9.14. The highest BCUT2D eigenvalue weighted by Crippen LogP contribution is 2.23. The number of nitrogens with zero attached hydrogens (tertiary/aromatic N) is 1. The van der Waals surface area contributed by atoms with Gasteiger partial charge in [0.25, 0.3) is 11.5 Å². The van der Waals surface area contributed by atoms with Crippen LogP contribution in [-0.2, 0) is 11.3 Å². The van der Waals surface area contributed by atoms with Crippen LogP contribution in [0.5, 0.6) is 0 Å². The maximum Gasteiger partial charge on any atom is 0.325 e. The molecule has 0 amide bonds. The lowest BCUT2D eigenvalue weighted by Gasteiger charge is -2.06. The molecule has 2 rings (SSSR count). The van der Waals surface area contributed by atoms with Gasteiger partial charge in [-0.25, -0.2) is 9.98 Å². The van der Waals surface area contributed by atoms with Gasteiger partial charge >= 0.3 is 5.95 Å². The Morgan fingerprint density at radius 2 is 2.27 bits per heavy atom. The lowest BCUT2D eigenvalue weighted by Crippen LogP contribution is -2.73. The highest BCUT2D eigenvalue weighted by Gasteiger charge is 2.08. The van der Waals surface area contributed by atoms with Crippen LogP contribution in [0.2, 0.25) is 0 Å². The summed E-state index contributed by atoms with van der Waals surface area (Å²) >= 11 is 1.61. The van der Waals surface area contributed by atoms with Gasteiger partial charge in [0, 0.05) is 18.1 Å². The van der Waals surface area contributed by atoms with Crippen LogP contribution in [-0.4, -0.2) is 29.3 Å². The molecule has 0 unspecified atom stereocenters. The molecule has 0 aliphatic carbocycles. The monoisotopic (exact) mass is 320 g/mol. The van der Waals surface area contributed by atoms with Crippen molar-refractivity contribution in [2.45, 2.75) is 11.5 Å². The molecule has 116 valence electrons. The first-order valence-electron chi connectivity index (χ1n) is 6.51. The number of para-hydroxylation sites is 1. The quantitative estimate of drug-likeness (QED) is 0.345. The van der Waals surface area contributed by atoms with Crippen LogP contribution in [0.3, 0.4) is 0 Å². The standard InChI is InChI=1S/C14H17N5O2S/c1-21-8-9-7-12(20)18-14(16-9)19-13(15)17-10-5-3-4-6-11(10)22-2/h3-7H,8H2,1-2H3,(H4,15,16,17,18,19,20)/p+1. The first-order valence-corrected chi connectivity index (χ1v) is 7.73. The zero-order chi connectivity index (χ0) is 15.9. The molecule has 1 heterocycles. The maximum absolute atomic E-state index is 11.6. The highest BCUT2D eigenvalue weighted by atomic mass is 32.2. The fraction of sp³-hybridized carbons (Fsp3) is 0.214. The van der Waals surface area contributed by atoms with Crippen molar-refractivity contribution in [3.63, 3.8) is 0 Å². The van der Waals surface area contributed by atoms with Crippen molar-refractivity contribution in [2.75, 3.05) is 18.7 Å². The molecule has 0 bridgehead atoms. The molecule has 1 aromatic carbocycles. The van der Waals surface area contributed by atoms with E-state index in [9.17, 15) is 4.79 Å². The van der Waals surface area contributed by atoms with Crippen molar-refractivity contribution in [2.24, 2.45) is 5.73 Å². The minimum Gasteiger partial charge on any atom is -0.377 e. The third-order valence-electron chi connectivity index (χ3n) is 2.72. The molecule has 0 saturated carbocycles. The lowest BCUT2D eigenvalue weighted by molar-refractivity contribution is -0.365. The molecular weight excluding hydrogens is 302 g/mol. The second-order valence-corrected chi connectivity index (χ2v) is 5.23. The Labute approximate surface area is 132 Å². The number of hydrogen-bond acceptors (Lipinski definition) is 4. The largest absolute Gasteiger partial charge is 0.377 e. The predicted octanol–water partition coefficient (Wildman–Crippen LogP) is -0.223. The number of aromatic amines is 1. The summed E-state index contributed by atoms with van der Waals surface area (Å²) in [5, 5.41) is 3.05. The summed E-state index contributed by atoms with van der Waals surface area (Å²) in [7, 11) is 1.54. The summed E-state index contributed by atoms with van der Waals surface area (Å²) < 4.78 is 4.97. The van der Waals surface area contributed by atoms with Crippen LogP contribution in [0.25, 0.3) is 0 Å². The summed E-state index contributed by atoms with van der Waals surface area (Å²) in [5.74, 6) is 0.519. The summed E-state index contributed by atoms with van der Waals surface area (Å²) in [5.41, 5.74) is 7.04. The van der Waals surface area contributed by atoms with Crippen LogP contribution < -0.4 is 21.6 Å². The molecule has 0 aliphatic heterocycles. The Morgan fingerprint density at radius 1 is 1.50 bits per heavy atom. The number of thioether (sulfide) groups is 1. The molecule has 7 nitrogen and oxygen atoms in total. The molecule has 0 saturated heterocycles. The van der Waals surface area contributed by atoms with Gasteiger partial charge in [0.15, 0.2) is 0 Å². The maximum atomic E-state index is 11.6. The van der Waals surface area contributed by atoms with Gasteiger partial charge in [0.2, 0.25) is 0 Å². The van der Waals surface area contributed by atoms with E-state index >= 15 is 0 Å². The number of hydrogen-bond donors (Lipinski definition) is 4. The van der Waals surface area contributed by atoms with Gasteiger partial charge in [-0.15, -0.1) is 16.7 Å². The molecule has 0 fully saturated rings. The van der Waals surface area contributed by atoms with E-state index in [1.807, 2.05) is 30.5 Å². The number of guanidine groups is 1. The van der Waals surface area contributed by atoms with Gasteiger partial charge in [-0.3, -0.25) is 10.1 Å². The zero-order valence-corrected chi connectivity index (χ0v) is 13.2. The van der Waals surface area contributed by atoms with Crippen LogP contribution in [0.1, 0.15) is 5.69 Å². The number of methoxy groups -OCH3 is 1. The average molecular weight is 320 g/mol.